The van der Waals surface area contributed by atoms with Gasteiger partial charge in [-0.3, -0.25) is 9.59 Å². The van der Waals surface area contributed by atoms with E-state index in [4.69, 9.17) is 0 Å². The van der Waals surface area contributed by atoms with Gasteiger partial charge >= 0.3 is 0 Å². The number of fused-ring (bicyclic) bond motifs is 1. The van der Waals surface area contributed by atoms with Gasteiger partial charge in [-0.05, 0) is 43.2 Å². The van der Waals surface area contributed by atoms with Gasteiger partial charge in [0.15, 0.2) is 10.6 Å². The Balaban J connectivity index is 2.07. The molecule has 0 atom stereocenters. The molecule has 0 N–H and O–H groups in total. The first-order chi connectivity index (χ1) is 12.5. The highest BCUT2D eigenvalue weighted by Crippen LogP contribution is 2.20. The third-order valence-corrected chi connectivity index (χ3v) is 5.24. The lowest BCUT2D eigenvalue weighted by molar-refractivity contribution is 0.0991. The third-order valence-electron chi connectivity index (χ3n) is 4.20. The number of thiazole rings is 1. The second-order valence-corrected chi connectivity index (χ2v) is 7.00. The van der Waals surface area contributed by atoms with Crippen LogP contribution in [0.1, 0.15) is 40.1 Å². The minimum atomic E-state index is -0.319. The van der Waals surface area contributed by atoms with Crippen LogP contribution in [0.15, 0.2) is 60.1 Å². The molecule has 132 valence electrons. The molecule has 0 saturated carbocycles. The molecule has 0 fully saturated rings. The van der Waals surface area contributed by atoms with Crippen LogP contribution < -0.4 is 4.80 Å². The summed E-state index contributed by atoms with van der Waals surface area (Å²) in [4.78, 5) is 28.9. The van der Waals surface area contributed by atoms with E-state index in [1.165, 1.54) is 23.8 Å². The lowest BCUT2D eigenvalue weighted by Crippen LogP contribution is -2.16. The summed E-state index contributed by atoms with van der Waals surface area (Å²) in [6.07, 6.45) is 2.76. The van der Waals surface area contributed by atoms with Crippen LogP contribution >= 0.6 is 11.3 Å². The van der Waals surface area contributed by atoms with Crippen LogP contribution in [0.3, 0.4) is 0 Å². The maximum atomic E-state index is 12.6. The zero-order chi connectivity index (χ0) is 18.7. The number of amides is 1. The minimum absolute atomic E-state index is 0.0269. The van der Waals surface area contributed by atoms with Gasteiger partial charge in [0.25, 0.3) is 5.91 Å². The molecule has 3 rings (SSSR count). The molecule has 0 spiro atoms. The number of Topliss-reactive ketones (excluding diaryl/α,β-unsaturated/α-hetero) is 1. The number of rotatable bonds is 5. The summed E-state index contributed by atoms with van der Waals surface area (Å²) >= 11 is 1.50. The number of hydrogen-bond donors (Lipinski definition) is 0. The Morgan fingerprint density at radius 3 is 2.46 bits per heavy atom. The Hall–Kier alpha value is -2.79. The van der Waals surface area contributed by atoms with Crippen molar-refractivity contribution in [3.63, 3.8) is 0 Å². The van der Waals surface area contributed by atoms with Gasteiger partial charge in [0.1, 0.15) is 0 Å². The Kier molecular flexibility index (Phi) is 5.28. The summed E-state index contributed by atoms with van der Waals surface area (Å²) in [7, 11) is 0. The van der Waals surface area contributed by atoms with Crippen molar-refractivity contribution in [2.45, 2.75) is 26.8 Å². The second-order valence-electron chi connectivity index (χ2n) is 5.99. The molecule has 0 aliphatic carbocycles. The number of allylic oxidation sites excluding steroid dienone is 1. The number of nitrogens with zero attached hydrogens (tertiary/aromatic N) is 2. The van der Waals surface area contributed by atoms with E-state index in [1.54, 1.807) is 30.3 Å². The molecule has 3 aromatic rings. The molecular weight excluding hydrogens is 344 g/mol. The number of aryl methyl sites for hydroxylation is 1. The Labute approximate surface area is 156 Å². The van der Waals surface area contributed by atoms with E-state index in [2.05, 4.69) is 36.7 Å². The van der Waals surface area contributed by atoms with Gasteiger partial charge < -0.3 is 4.57 Å². The Morgan fingerprint density at radius 1 is 1.15 bits per heavy atom. The van der Waals surface area contributed by atoms with E-state index in [1.807, 2.05) is 4.57 Å². The average Bonchev–Trinajstić information content (AvgIpc) is 2.98. The summed E-state index contributed by atoms with van der Waals surface area (Å²) in [6.45, 7) is 8.01. The van der Waals surface area contributed by atoms with Crippen LogP contribution in [0.25, 0.3) is 10.2 Å². The molecular formula is C21H20N2O2S. The van der Waals surface area contributed by atoms with E-state index in [9.17, 15) is 9.59 Å². The SMILES string of the molecule is C=CCn1c(=NC(=O)c2ccc(C(C)=O)cc2)sc2cc(CC)ccc21. The van der Waals surface area contributed by atoms with Crippen LogP contribution in [0.4, 0.5) is 0 Å². The molecule has 0 aliphatic heterocycles. The summed E-state index contributed by atoms with van der Waals surface area (Å²) in [5.74, 6) is -0.346. The van der Waals surface area contributed by atoms with Crippen molar-refractivity contribution >= 4 is 33.2 Å². The van der Waals surface area contributed by atoms with E-state index >= 15 is 0 Å². The van der Waals surface area contributed by atoms with Crippen molar-refractivity contribution in [1.29, 1.82) is 0 Å². The van der Waals surface area contributed by atoms with E-state index in [0.29, 0.717) is 22.5 Å². The van der Waals surface area contributed by atoms with Gasteiger partial charge in [0, 0.05) is 17.7 Å². The second kappa shape index (κ2) is 7.62. The third kappa shape index (κ3) is 3.58. The number of hydrogen-bond acceptors (Lipinski definition) is 3. The zero-order valence-electron chi connectivity index (χ0n) is 14.9. The van der Waals surface area contributed by atoms with Crippen LogP contribution in [0.5, 0.6) is 0 Å². The predicted molar refractivity (Wildman–Crippen MR) is 106 cm³/mol. The average molecular weight is 364 g/mol. The van der Waals surface area contributed by atoms with Gasteiger partial charge in [-0.25, -0.2) is 0 Å². The smallest absolute Gasteiger partial charge is 0.279 e. The largest absolute Gasteiger partial charge is 0.312 e. The summed E-state index contributed by atoms with van der Waals surface area (Å²) in [6, 6.07) is 12.9. The van der Waals surface area contributed by atoms with Gasteiger partial charge in [-0.1, -0.05) is 42.5 Å². The quantitative estimate of drug-likeness (QED) is 0.498. The fourth-order valence-electron chi connectivity index (χ4n) is 2.73. The monoisotopic (exact) mass is 364 g/mol. The Bertz CT molecular complexity index is 1060. The lowest BCUT2D eigenvalue weighted by atomic mass is 10.1. The first kappa shape index (κ1) is 18.0. The van der Waals surface area contributed by atoms with Crippen molar-refractivity contribution in [2.24, 2.45) is 4.99 Å². The number of aromatic nitrogens is 1. The fourth-order valence-corrected chi connectivity index (χ4v) is 3.83. The molecule has 1 aromatic heterocycles. The van der Waals surface area contributed by atoms with Crippen LogP contribution in [0, 0.1) is 0 Å². The highest BCUT2D eigenvalue weighted by Gasteiger charge is 2.10. The van der Waals surface area contributed by atoms with Gasteiger partial charge in [-0.2, -0.15) is 4.99 Å². The number of ketones is 1. The van der Waals surface area contributed by atoms with Crippen molar-refractivity contribution in [3.05, 3.63) is 76.6 Å². The maximum absolute atomic E-state index is 12.6. The lowest BCUT2D eigenvalue weighted by Gasteiger charge is -2.02. The first-order valence-corrected chi connectivity index (χ1v) is 9.28. The Morgan fingerprint density at radius 2 is 1.85 bits per heavy atom. The maximum Gasteiger partial charge on any atom is 0.279 e. The normalized spacial score (nSPS) is 11.7. The zero-order valence-corrected chi connectivity index (χ0v) is 15.7. The molecule has 0 radical (unpaired) electrons. The number of carbonyl (C=O) groups is 2. The molecule has 4 nitrogen and oxygen atoms in total. The van der Waals surface area contributed by atoms with Crippen LogP contribution in [-0.2, 0) is 13.0 Å². The van der Waals surface area contributed by atoms with Crippen LogP contribution in [0.2, 0.25) is 0 Å². The molecule has 0 bridgehead atoms. The minimum Gasteiger partial charge on any atom is -0.312 e. The van der Waals surface area contributed by atoms with Gasteiger partial charge in [-0.15, -0.1) is 6.58 Å². The summed E-state index contributed by atoms with van der Waals surface area (Å²) in [5, 5.41) is 0. The highest BCUT2D eigenvalue weighted by atomic mass is 32.1. The van der Waals surface area contributed by atoms with Crippen LogP contribution in [-0.4, -0.2) is 16.3 Å². The van der Waals surface area contributed by atoms with E-state index in [-0.39, 0.29) is 11.7 Å². The van der Waals surface area contributed by atoms with Gasteiger partial charge in [0.05, 0.1) is 10.2 Å². The fraction of sp³-hybridized carbons (Fsp3) is 0.190. The van der Waals surface area contributed by atoms with Gasteiger partial charge in [0.2, 0.25) is 0 Å². The van der Waals surface area contributed by atoms with Crippen molar-refractivity contribution in [1.82, 2.24) is 4.57 Å². The predicted octanol–water partition coefficient (Wildman–Crippen LogP) is 4.39. The highest BCUT2D eigenvalue weighted by molar-refractivity contribution is 7.16. The molecule has 0 saturated heterocycles. The molecule has 5 heteroatoms. The van der Waals surface area contributed by atoms with E-state index in [0.717, 1.165) is 16.6 Å². The molecule has 1 amide bonds. The summed E-state index contributed by atoms with van der Waals surface area (Å²) in [5.41, 5.74) is 3.34. The first-order valence-electron chi connectivity index (χ1n) is 8.46. The van der Waals surface area contributed by atoms with Crippen molar-refractivity contribution in [2.75, 3.05) is 0 Å². The number of carbonyl (C=O) groups excluding carboxylic acids is 2. The molecule has 26 heavy (non-hydrogen) atoms. The summed E-state index contributed by atoms with van der Waals surface area (Å²) < 4.78 is 3.10. The molecule has 0 unspecified atom stereocenters. The van der Waals surface area contributed by atoms with Crippen molar-refractivity contribution < 1.29 is 9.59 Å². The molecule has 1 heterocycles. The molecule has 0 aliphatic rings. The standard InChI is InChI=1S/C21H20N2O2S/c1-4-12-23-18-11-6-15(5-2)13-19(18)26-21(23)22-20(25)17-9-7-16(8-10-17)14(3)24/h4,6-11,13H,1,5,12H2,2-3H3. The number of benzene rings is 2. The topological polar surface area (TPSA) is 51.4 Å². The molecule has 2 aromatic carbocycles. The van der Waals surface area contributed by atoms with E-state index < -0.39 is 0 Å². The van der Waals surface area contributed by atoms with Crippen molar-refractivity contribution in [3.8, 4) is 0 Å².